The third-order valence-corrected chi connectivity index (χ3v) is 3.58. The summed E-state index contributed by atoms with van der Waals surface area (Å²) in [5.41, 5.74) is 11.2. The van der Waals surface area contributed by atoms with Gasteiger partial charge in [0.1, 0.15) is 0 Å². The van der Waals surface area contributed by atoms with Crippen molar-refractivity contribution in [2.75, 3.05) is 13.6 Å². The molecule has 17 heavy (non-hydrogen) atoms. The van der Waals surface area contributed by atoms with Crippen molar-refractivity contribution in [3.8, 4) is 0 Å². The van der Waals surface area contributed by atoms with Gasteiger partial charge < -0.3 is 5.73 Å². The molecule has 1 unspecified atom stereocenters. The van der Waals surface area contributed by atoms with Crippen LogP contribution in [0, 0.1) is 20.8 Å². The number of nitrogens with two attached hydrogens (primary N) is 1. The summed E-state index contributed by atoms with van der Waals surface area (Å²) in [4.78, 5) is 2.39. The Morgan fingerprint density at radius 1 is 1.18 bits per heavy atom. The molecule has 1 atom stereocenters. The van der Waals surface area contributed by atoms with Crippen molar-refractivity contribution in [1.29, 1.82) is 0 Å². The van der Waals surface area contributed by atoms with E-state index in [1.807, 2.05) is 0 Å². The van der Waals surface area contributed by atoms with Crippen molar-refractivity contribution in [3.05, 3.63) is 34.4 Å². The van der Waals surface area contributed by atoms with Gasteiger partial charge in [0, 0.05) is 12.6 Å². The first-order valence-corrected chi connectivity index (χ1v) is 6.42. The topological polar surface area (TPSA) is 29.3 Å². The van der Waals surface area contributed by atoms with Crippen molar-refractivity contribution in [2.45, 2.75) is 46.7 Å². The molecule has 0 radical (unpaired) electrons. The highest BCUT2D eigenvalue weighted by molar-refractivity contribution is 5.37. The maximum atomic E-state index is 5.61. The maximum Gasteiger partial charge on any atom is 0.0238 e. The lowest BCUT2D eigenvalue weighted by Crippen LogP contribution is -2.31. The van der Waals surface area contributed by atoms with Gasteiger partial charge in [-0.2, -0.15) is 0 Å². The molecule has 0 saturated heterocycles. The van der Waals surface area contributed by atoms with Crippen molar-refractivity contribution in [2.24, 2.45) is 5.73 Å². The molecule has 1 aromatic carbocycles. The fourth-order valence-corrected chi connectivity index (χ4v) is 2.33. The van der Waals surface area contributed by atoms with E-state index in [4.69, 9.17) is 5.73 Å². The van der Waals surface area contributed by atoms with Crippen molar-refractivity contribution >= 4 is 0 Å². The zero-order valence-electron chi connectivity index (χ0n) is 11.9. The molecule has 1 aromatic rings. The average molecular weight is 234 g/mol. The highest BCUT2D eigenvalue weighted by atomic mass is 15.1. The largest absolute Gasteiger partial charge is 0.330 e. The van der Waals surface area contributed by atoms with Gasteiger partial charge >= 0.3 is 0 Å². The summed E-state index contributed by atoms with van der Waals surface area (Å²) >= 11 is 0. The quantitative estimate of drug-likeness (QED) is 0.849. The van der Waals surface area contributed by atoms with E-state index in [1.54, 1.807) is 0 Å². The van der Waals surface area contributed by atoms with Gasteiger partial charge in [-0.05, 0) is 64.4 Å². The van der Waals surface area contributed by atoms with Gasteiger partial charge in [-0.15, -0.1) is 0 Å². The molecule has 0 heterocycles. The van der Waals surface area contributed by atoms with Crippen LogP contribution in [-0.2, 0) is 6.54 Å². The Hall–Kier alpha value is -0.860. The van der Waals surface area contributed by atoms with E-state index >= 15 is 0 Å². The van der Waals surface area contributed by atoms with Crippen LogP contribution < -0.4 is 5.73 Å². The first kappa shape index (κ1) is 14.2. The van der Waals surface area contributed by atoms with Crippen LogP contribution in [-0.4, -0.2) is 24.5 Å². The maximum absolute atomic E-state index is 5.61. The zero-order chi connectivity index (χ0) is 13.0. The standard InChI is InChI=1S/C15H26N2/c1-11-8-12(2)15(13(3)9-11)10-17(5)14(4)6-7-16/h8-9,14H,6-7,10,16H2,1-5H3. The molecule has 2 N–H and O–H groups in total. The highest BCUT2D eigenvalue weighted by Crippen LogP contribution is 2.19. The van der Waals surface area contributed by atoms with E-state index in [0.717, 1.165) is 19.5 Å². The van der Waals surface area contributed by atoms with Crippen LogP contribution in [0.25, 0.3) is 0 Å². The van der Waals surface area contributed by atoms with E-state index in [1.165, 1.54) is 22.3 Å². The van der Waals surface area contributed by atoms with Gasteiger partial charge in [-0.1, -0.05) is 17.7 Å². The third-order valence-electron chi connectivity index (χ3n) is 3.58. The SMILES string of the molecule is Cc1cc(C)c(CN(C)C(C)CCN)c(C)c1. The lowest BCUT2D eigenvalue weighted by atomic mass is 9.99. The fourth-order valence-electron chi connectivity index (χ4n) is 2.33. The smallest absolute Gasteiger partial charge is 0.0238 e. The first-order valence-electron chi connectivity index (χ1n) is 6.42. The summed E-state index contributed by atoms with van der Waals surface area (Å²) in [6, 6.07) is 5.08. The second-order valence-electron chi connectivity index (χ2n) is 5.22. The van der Waals surface area contributed by atoms with Crippen LogP contribution in [0.4, 0.5) is 0 Å². The number of aryl methyl sites for hydroxylation is 3. The number of hydrogen-bond acceptors (Lipinski definition) is 2. The van der Waals surface area contributed by atoms with E-state index < -0.39 is 0 Å². The summed E-state index contributed by atoms with van der Waals surface area (Å²) in [7, 11) is 2.18. The molecule has 0 saturated carbocycles. The highest BCUT2D eigenvalue weighted by Gasteiger charge is 2.11. The molecule has 0 amide bonds. The summed E-state index contributed by atoms with van der Waals surface area (Å²) < 4.78 is 0. The minimum absolute atomic E-state index is 0.542. The van der Waals surface area contributed by atoms with E-state index in [9.17, 15) is 0 Å². The van der Waals surface area contributed by atoms with Crippen LogP contribution in [0.2, 0.25) is 0 Å². The first-order chi connectivity index (χ1) is 7.95. The van der Waals surface area contributed by atoms with Crippen LogP contribution in [0.3, 0.4) is 0 Å². The summed E-state index contributed by atoms with van der Waals surface area (Å²) in [6.45, 7) is 10.6. The molecule has 0 aliphatic rings. The van der Waals surface area contributed by atoms with Gasteiger partial charge in [-0.3, -0.25) is 4.90 Å². The normalized spacial score (nSPS) is 13.1. The van der Waals surface area contributed by atoms with Gasteiger partial charge in [0.05, 0.1) is 0 Å². The van der Waals surface area contributed by atoms with Crippen molar-refractivity contribution in [1.82, 2.24) is 4.90 Å². The number of benzene rings is 1. The van der Waals surface area contributed by atoms with E-state index in [2.05, 4.69) is 51.8 Å². The lowest BCUT2D eigenvalue weighted by Gasteiger charge is -2.26. The molecule has 0 aromatic heterocycles. The minimum Gasteiger partial charge on any atom is -0.330 e. The van der Waals surface area contributed by atoms with Crippen LogP contribution in [0.15, 0.2) is 12.1 Å². The predicted molar refractivity (Wildman–Crippen MR) is 75.3 cm³/mol. The fraction of sp³-hybridized carbons (Fsp3) is 0.600. The van der Waals surface area contributed by atoms with Gasteiger partial charge in [-0.25, -0.2) is 0 Å². The third kappa shape index (κ3) is 3.83. The molecule has 2 heteroatoms. The lowest BCUT2D eigenvalue weighted by molar-refractivity contribution is 0.239. The Kier molecular flexibility index (Phi) is 5.16. The number of nitrogens with zero attached hydrogens (tertiary/aromatic N) is 1. The molecule has 96 valence electrons. The summed E-state index contributed by atoms with van der Waals surface area (Å²) in [6.07, 6.45) is 1.06. The Morgan fingerprint density at radius 2 is 1.71 bits per heavy atom. The second-order valence-corrected chi connectivity index (χ2v) is 5.22. The molecule has 0 aliphatic heterocycles. The van der Waals surface area contributed by atoms with Gasteiger partial charge in [0.2, 0.25) is 0 Å². The molecule has 1 rings (SSSR count). The molecule has 0 fully saturated rings. The zero-order valence-corrected chi connectivity index (χ0v) is 11.9. The Bertz CT molecular complexity index is 348. The van der Waals surface area contributed by atoms with Gasteiger partial charge in [0.15, 0.2) is 0 Å². The minimum atomic E-state index is 0.542. The molecule has 0 spiro atoms. The summed E-state index contributed by atoms with van der Waals surface area (Å²) in [5.74, 6) is 0. The number of rotatable bonds is 5. The Balaban J connectivity index is 2.81. The predicted octanol–water partition coefficient (Wildman–Crippen LogP) is 2.78. The van der Waals surface area contributed by atoms with Crippen LogP contribution in [0.5, 0.6) is 0 Å². The molecular weight excluding hydrogens is 208 g/mol. The van der Waals surface area contributed by atoms with E-state index in [0.29, 0.717) is 6.04 Å². The second kappa shape index (κ2) is 6.18. The Labute approximate surface area is 106 Å². The van der Waals surface area contributed by atoms with E-state index in [-0.39, 0.29) is 0 Å². The molecule has 0 bridgehead atoms. The van der Waals surface area contributed by atoms with Crippen molar-refractivity contribution in [3.63, 3.8) is 0 Å². The van der Waals surface area contributed by atoms with Crippen LogP contribution in [0.1, 0.15) is 35.6 Å². The molecular formula is C15H26N2. The van der Waals surface area contributed by atoms with Gasteiger partial charge in [0.25, 0.3) is 0 Å². The monoisotopic (exact) mass is 234 g/mol. The van der Waals surface area contributed by atoms with Crippen LogP contribution >= 0.6 is 0 Å². The summed E-state index contributed by atoms with van der Waals surface area (Å²) in [5, 5.41) is 0. The van der Waals surface area contributed by atoms with Crippen molar-refractivity contribution < 1.29 is 0 Å². The Morgan fingerprint density at radius 3 is 2.18 bits per heavy atom. The average Bonchev–Trinajstić information content (AvgIpc) is 2.23. The molecule has 0 aliphatic carbocycles. The molecule has 2 nitrogen and oxygen atoms in total. The number of hydrogen-bond donors (Lipinski definition) is 1.